The predicted molar refractivity (Wildman–Crippen MR) is 93.5 cm³/mol. The minimum atomic E-state index is -0.450. The third-order valence-electron chi connectivity index (χ3n) is 3.42. The van der Waals surface area contributed by atoms with Crippen molar-refractivity contribution in [3.8, 4) is 22.6 Å². The smallest absolute Gasteiger partial charge is 0.344 e. The van der Waals surface area contributed by atoms with E-state index in [1.165, 1.54) is 6.92 Å². The van der Waals surface area contributed by atoms with Gasteiger partial charge in [0.25, 0.3) is 0 Å². The maximum atomic E-state index is 12.3. The highest BCUT2D eigenvalue weighted by Gasteiger charge is 2.12. The van der Waals surface area contributed by atoms with Gasteiger partial charge in [-0.2, -0.15) is 0 Å². The molecule has 0 aliphatic rings. The highest BCUT2D eigenvalue weighted by atomic mass is 79.9. The van der Waals surface area contributed by atoms with Crippen LogP contribution in [-0.2, 0) is 4.79 Å². The number of carbonyl (C=O) groups is 1. The van der Waals surface area contributed by atoms with Crippen LogP contribution in [0.3, 0.4) is 0 Å². The van der Waals surface area contributed by atoms with Crippen LogP contribution in [0, 0.1) is 0 Å². The van der Waals surface area contributed by atoms with E-state index in [1.807, 2.05) is 0 Å². The van der Waals surface area contributed by atoms with Crippen LogP contribution < -0.4 is 15.1 Å². The summed E-state index contributed by atoms with van der Waals surface area (Å²) in [5.41, 5.74) is 1.07. The molecular weight excluding hydrogens is 376 g/mol. The molecular formula is C18H13BrO5. The second kappa shape index (κ2) is 6.49. The lowest BCUT2D eigenvalue weighted by Gasteiger charge is -2.07. The van der Waals surface area contributed by atoms with Crippen molar-refractivity contribution in [1.82, 2.24) is 0 Å². The van der Waals surface area contributed by atoms with Crippen LogP contribution in [0.15, 0.2) is 56.1 Å². The zero-order valence-electron chi connectivity index (χ0n) is 13.0. The molecule has 0 N–H and O–H groups in total. The van der Waals surface area contributed by atoms with Crippen molar-refractivity contribution in [2.75, 3.05) is 7.11 Å². The van der Waals surface area contributed by atoms with Gasteiger partial charge < -0.3 is 13.9 Å². The molecule has 0 radical (unpaired) electrons. The van der Waals surface area contributed by atoms with Gasteiger partial charge in [0, 0.05) is 12.3 Å². The van der Waals surface area contributed by atoms with Gasteiger partial charge in [0.05, 0.1) is 17.1 Å². The zero-order chi connectivity index (χ0) is 17.3. The molecule has 0 aliphatic heterocycles. The van der Waals surface area contributed by atoms with E-state index in [2.05, 4.69) is 15.9 Å². The number of carbonyl (C=O) groups excluding carboxylic acids is 1. The number of esters is 1. The van der Waals surface area contributed by atoms with Crippen molar-refractivity contribution in [2.24, 2.45) is 0 Å². The quantitative estimate of drug-likeness (QED) is 0.383. The lowest BCUT2D eigenvalue weighted by Crippen LogP contribution is -2.04. The normalized spacial score (nSPS) is 10.6. The van der Waals surface area contributed by atoms with Crippen LogP contribution in [0.25, 0.3) is 22.1 Å². The summed E-state index contributed by atoms with van der Waals surface area (Å²) in [6, 6.07) is 12.0. The fourth-order valence-corrected chi connectivity index (χ4v) is 2.90. The molecule has 3 aromatic rings. The van der Waals surface area contributed by atoms with Crippen LogP contribution in [0.5, 0.6) is 11.5 Å². The topological polar surface area (TPSA) is 65.7 Å². The van der Waals surface area contributed by atoms with Gasteiger partial charge in [0.1, 0.15) is 11.5 Å². The minimum absolute atomic E-state index is 0.372. The first-order chi connectivity index (χ1) is 11.5. The Morgan fingerprint density at radius 2 is 1.79 bits per heavy atom. The molecule has 6 heteroatoms. The third-order valence-corrected chi connectivity index (χ3v) is 4.01. The number of halogens is 1. The van der Waals surface area contributed by atoms with E-state index in [4.69, 9.17) is 13.9 Å². The Morgan fingerprint density at radius 1 is 1.08 bits per heavy atom. The maximum absolute atomic E-state index is 12.3. The molecule has 0 saturated carbocycles. The molecule has 2 aromatic carbocycles. The van der Waals surface area contributed by atoms with E-state index in [0.717, 1.165) is 0 Å². The summed E-state index contributed by atoms with van der Waals surface area (Å²) in [4.78, 5) is 23.4. The molecule has 3 rings (SSSR count). The molecule has 0 unspecified atom stereocenters. The first-order valence-electron chi connectivity index (χ1n) is 7.08. The van der Waals surface area contributed by atoms with Gasteiger partial charge >= 0.3 is 11.6 Å². The van der Waals surface area contributed by atoms with E-state index >= 15 is 0 Å². The molecule has 122 valence electrons. The number of ether oxygens (including phenoxy) is 2. The Hall–Kier alpha value is -2.60. The fraction of sp³-hybridized carbons (Fsp3) is 0.111. The average Bonchev–Trinajstić information content (AvgIpc) is 2.55. The number of rotatable bonds is 3. The third kappa shape index (κ3) is 3.19. The first-order valence-corrected chi connectivity index (χ1v) is 7.87. The van der Waals surface area contributed by atoms with E-state index in [1.54, 1.807) is 49.6 Å². The molecule has 0 saturated heterocycles. The number of hydrogen-bond donors (Lipinski definition) is 0. The van der Waals surface area contributed by atoms with E-state index in [0.29, 0.717) is 38.1 Å². The summed E-state index contributed by atoms with van der Waals surface area (Å²) >= 11 is 3.33. The number of benzene rings is 2. The first kappa shape index (κ1) is 16.3. The summed E-state index contributed by atoms with van der Waals surface area (Å²) < 4.78 is 16.2. The molecule has 24 heavy (non-hydrogen) atoms. The van der Waals surface area contributed by atoms with Gasteiger partial charge in [-0.05, 0) is 51.8 Å². The van der Waals surface area contributed by atoms with E-state index < -0.39 is 11.6 Å². The number of methoxy groups -OCH3 is 1. The van der Waals surface area contributed by atoms with Gasteiger partial charge in [-0.25, -0.2) is 4.79 Å². The molecule has 1 aromatic heterocycles. The summed E-state index contributed by atoms with van der Waals surface area (Å²) in [7, 11) is 1.58. The maximum Gasteiger partial charge on any atom is 0.344 e. The molecule has 0 fully saturated rings. The molecule has 5 nitrogen and oxygen atoms in total. The largest absolute Gasteiger partial charge is 0.497 e. The van der Waals surface area contributed by atoms with Crippen LogP contribution in [-0.4, -0.2) is 13.1 Å². The highest BCUT2D eigenvalue weighted by molar-refractivity contribution is 9.10. The molecule has 0 atom stereocenters. The lowest BCUT2D eigenvalue weighted by molar-refractivity contribution is -0.131. The molecule has 0 amide bonds. The average molecular weight is 389 g/mol. The van der Waals surface area contributed by atoms with Crippen molar-refractivity contribution in [2.45, 2.75) is 6.92 Å². The van der Waals surface area contributed by atoms with Gasteiger partial charge in [0.2, 0.25) is 0 Å². The second-order valence-corrected chi connectivity index (χ2v) is 5.95. The summed E-state index contributed by atoms with van der Waals surface area (Å²) in [6.07, 6.45) is 0. The molecule has 0 bridgehead atoms. The number of fused-ring (bicyclic) bond motifs is 1. The lowest BCUT2D eigenvalue weighted by atomic mass is 10.1. The van der Waals surface area contributed by atoms with Crippen molar-refractivity contribution in [3.63, 3.8) is 0 Å². The van der Waals surface area contributed by atoms with Gasteiger partial charge in [-0.15, -0.1) is 0 Å². The molecule has 1 heterocycles. The monoisotopic (exact) mass is 388 g/mol. The van der Waals surface area contributed by atoms with Crippen LogP contribution in [0.4, 0.5) is 0 Å². The van der Waals surface area contributed by atoms with E-state index in [-0.39, 0.29) is 0 Å². The molecule has 0 aliphatic carbocycles. The zero-order valence-corrected chi connectivity index (χ0v) is 14.5. The number of hydrogen-bond acceptors (Lipinski definition) is 5. The summed E-state index contributed by atoms with van der Waals surface area (Å²) in [5.74, 6) is 0.647. The Labute approximate surface area is 145 Å². The van der Waals surface area contributed by atoms with Gasteiger partial charge in [-0.1, -0.05) is 12.1 Å². The second-order valence-electron chi connectivity index (χ2n) is 5.09. The van der Waals surface area contributed by atoms with Crippen molar-refractivity contribution >= 4 is 32.9 Å². The predicted octanol–water partition coefficient (Wildman–Crippen LogP) is 4.16. The highest BCUT2D eigenvalue weighted by Crippen LogP contribution is 2.31. The standard InChI is InChI=1S/C18H13BrO5/c1-10(20)23-14-7-12-8-15(11-3-5-13(22-2)6-4-11)18(21)24-17(12)16(19)9-14/h3-9H,1-2H3. The Morgan fingerprint density at radius 3 is 2.42 bits per heavy atom. The Bertz CT molecular complexity index is 973. The van der Waals surface area contributed by atoms with Crippen LogP contribution in [0.1, 0.15) is 6.92 Å². The van der Waals surface area contributed by atoms with Gasteiger partial charge in [0.15, 0.2) is 5.58 Å². The summed E-state index contributed by atoms with van der Waals surface area (Å²) in [6.45, 7) is 1.33. The summed E-state index contributed by atoms with van der Waals surface area (Å²) in [5, 5.41) is 0.644. The van der Waals surface area contributed by atoms with Crippen LogP contribution >= 0.6 is 15.9 Å². The van der Waals surface area contributed by atoms with E-state index in [9.17, 15) is 9.59 Å². The minimum Gasteiger partial charge on any atom is -0.497 e. The van der Waals surface area contributed by atoms with Crippen LogP contribution in [0.2, 0.25) is 0 Å². The van der Waals surface area contributed by atoms with Crippen molar-refractivity contribution < 1.29 is 18.7 Å². The fourth-order valence-electron chi connectivity index (χ4n) is 2.36. The van der Waals surface area contributed by atoms with Crippen molar-refractivity contribution in [1.29, 1.82) is 0 Å². The van der Waals surface area contributed by atoms with Crippen molar-refractivity contribution in [3.05, 3.63) is 57.4 Å². The SMILES string of the molecule is COc1ccc(-c2cc3cc(OC(C)=O)cc(Br)c3oc2=O)cc1. The Kier molecular flexibility index (Phi) is 4.40. The van der Waals surface area contributed by atoms with Gasteiger partial charge in [-0.3, -0.25) is 4.79 Å². The molecule has 0 spiro atoms. The Balaban J connectivity index is 2.16.